The van der Waals surface area contributed by atoms with Crippen molar-refractivity contribution < 1.29 is 4.74 Å². The third-order valence-electron chi connectivity index (χ3n) is 3.44. The maximum atomic E-state index is 6.26. The van der Waals surface area contributed by atoms with Gasteiger partial charge in [0.05, 0.1) is 11.7 Å². The number of nitrogens with zero attached hydrogens (tertiary/aromatic N) is 2. The normalized spacial score (nSPS) is 15.0. The van der Waals surface area contributed by atoms with Gasteiger partial charge in [0.1, 0.15) is 0 Å². The number of rotatable bonds is 8. The van der Waals surface area contributed by atoms with Crippen LogP contribution in [0.4, 0.5) is 0 Å². The molecule has 1 aromatic rings. The van der Waals surface area contributed by atoms with Gasteiger partial charge in [-0.15, -0.1) is 0 Å². The Bertz CT molecular complexity index is 343. The van der Waals surface area contributed by atoms with E-state index >= 15 is 0 Å². The largest absolute Gasteiger partial charge is 0.385 e. The molecule has 1 aromatic heterocycles. The molecule has 0 saturated carbocycles. The summed E-state index contributed by atoms with van der Waals surface area (Å²) in [6, 6.07) is 2.58. The molecule has 0 amide bonds. The summed E-state index contributed by atoms with van der Waals surface area (Å²) in [5, 5.41) is 4.64. The van der Waals surface area contributed by atoms with E-state index in [1.807, 2.05) is 0 Å². The van der Waals surface area contributed by atoms with E-state index in [4.69, 9.17) is 10.5 Å². The highest BCUT2D eigenvalue weighted by Gasteiger charge is 2.20. The van der Waals surface area contributed by atoms with Gasteiger partial charge in [0.15, 0.2) is 0 Å². The van der Waals surface area contributed by atoms with E-state index in [0.29, 0.717) is 12.6 Å². The lowest BCUT2D eigenvalue weighted by Crippen LogP contribution is -2.39. The maximum Gasteiger partial charge on any atom is 0.0642 e. The zero-order chi connectivity index (χ0) is 13.6. The number of methoxy groups -OCH3 is 1. The Balaban J connectivity index is 2.63. The van der Waals surface area contributed by atoms with Gasteiger partial charge in [-0.1, -0.05) is 13.8 Å². The highest BCUT2D eigenvalue weighted by Crippen LogP contribution is 2.17. The second-order valence-electron chi connectivity index (χ2n) is 5.33. The number of aromatic nitrogens is 2. The number of nitrogens with two attached hydrogens (primary N) is 1. The predicted molar refractivity (Wildman–Crippen MR) is 74.6 cm³/mol. The van der Waals surface area contributed by atoms with Gasteiger partial charge in [-0.2, -0.15) is 5.10 Å². The molecule has 1 heterocycles. The van der Waals surface area contributed by atoms with Crippen LogP contribution in [-0.4, -0.2) is 29.0 Å². The summed E-state index contributed by atoms with van der Waals surface area (Å²) in [5.74, 6) is 0. The van der Waals surface area contributed by atoms with Crippen LogP contribution in [0.5, 0.6) is 0 Å². The summed E-state index contributed by atoms with van der Waals surface area (Å²) < 4.78 is 7.16. The van der Waals surface area contributed by atoms with Crippen LogP contribution < -0.4 is 5.73 Å². The molecular weight excluding hydrogens is 226 g/mol. The molecule has 0 aliphatic heterocycles. The third-order valence-corrected chi connectivity index (χ3v) is 3.44. The van der Waals surface area contributed by atoms with Gasteiger partial charge in [0, 0.05) is 31.9 Å². The first kappa shape index (κ1) is 15.2. The van der Waals surface area contributed by atoms with Crippen LogP contribution in [0.25, 0.3) is 0 Å². The van der Waals surface area contributed by atoms with Crippen molar-refractivity contribution in [1.82, 2.24) is 9.78 Å². The van der Waals surface area contributed by atoms with Crippen LogP contribution in [0, 0.1) is 0 Å². The van der Waals surface area contributed by atoms with Gasteiger partial charge in [-0.25, -0.2) is 0 Å². The molecule has 0 saturated heterocycles. The average molecular weight is 253 g/mol. The molecule has 4 nitrogen and oxygen atoms in total. The molecule has 0 aliphatic carbocycles. The average Bonchev–Trinajstić information content (AvgIpc) is 2.76. The molecule has 0 aromatic carbocycles. The zero-order valence-corrected chi connectivity index (χ0v) is 12.1. The minimum absolute atomic E-state index is 0.247. The van der Waals surface area contributed by atoms with Crippen LogP contribution >= 0.6 is 0 Å². The SMILES string of the molecule is CCC(CC)n1ccc(CC(C)(N)CCOC)n1. The number of hydrogen-bond acceptors (Lipinski definition) is 3. The topological polar surface area (TPSA) is 53.1 Å². The minimum Gasteiger partial charge on any atom is -0.385 e. The van der Waals surface area contributed by atoms with E-state index in [-0.39, 0.29) is 5.54 Å². The Labute approximate surface area is 111 Å². The Morgan fingerprint density at radius 2 is 2.11 bits per heavy atom. The standard InChI is InChI=1S/C14H27N3O/c1-5-13(6-2)17-9-7-12(16-17)11-14(3,15)8-10-18-4/h7,9,13H,5-6,8,10-11,15H2,1-4H3. The van der Waals surface area contributed by atoms with Gasteiger partial charge in [0.25, 0.3) is 0 Å². The Hall–Kier alpha value is -0.870. The molecule has 1 unspecified atom stereocenters. The van der Waals surface area contributed by atoms with Gasteiger partial charge in [-0.3, -0.25) is 4.68 Å². The van der Waals surface area contributed by atoms with Crippen molar-refractivity contribution in [3.05, 3.63) is 18.0 Å². The first-order valence-electron chi connectivity index (χ1n) is 6.84. The number of hydrogen-bond donors (Lipinski definition) is 1. The molecule has 0 fully saturated rings. The molecular formula is C14H27N3O. The predicted octanol–water partition coefficient (Wildman–Crippen LogP) is 2.54. The van der Waals surface area contributed by atoms with Crippen LogP contribution in [0.1, 0.15) is 51.8 Å². The zero-order valence-electron chi connectivity index (χ0n) is 12.1. The third kappa shape index (κ3) is 4.42. The summed E-state index contributed by atoms with van der Waals surface area (Å²) in [4.78, 5) is 0. The molecule has 2 N–H and O–H groups in total. The van der Waals surface area contributed by atoms with Crippen molar-refractivity contribution in [2.45, 2.75) is 58.0 Å². The maximum absolute atomic E-state index is 6.26. The lowest BCUT2D eigenvalue weighted by molar-refractivity contribution is 0.171. The van der Waals surface area contributed by atoms with E-state index in [1.165, 1.54) is 0 Å². The van der Waals surface area contributed by atoms with Crippen molar-refractivity contribution in [2.75, 3.05) is 13.7 Å². The van der Waals surface area contributed by atoms with Gasteiger partial charge in [-0.05, 0) is 32.3 Å². The minimum atomic E-state index is -0.247. The molecule has 18 heavy (non-hydrogen) atoms. The Morgan fingerprint density at radius 1 is 1.44 bits per heavy atom. The fourth-order valence-corrected chi connectivity index (χ4v) is 2.18. The smallest absolute Gasteiger partial charge is 0.0642 e. The van der Waals surface area contributed by atoms with Gasteiger partial charge < -0.3 is 10.5 Å². The quantitative estimate of drug-likeness (QED) is 0.774. The fourth-order valence-electron chi connectivity index (χ4n) is 2.18. The first-order chi connectivity index (χ1) is 8.52. The molecule has 104 valence electrons. The molecule has 0 radical (unpaired) electrons. The monoisotopic (exact) mass is 253 g/mol. The van der Waals surface area contributed by atoms with Crippen molar-refractivity contribution >= 4 is 0 Å². The second-order valence-corrected chi connectivity index (χ2v) is 5.33. The summed E-state index contributed by atoms with van der Waals surface area (Å²) in [6.07, 6.45) is 5.94. The molecule has 1 atom stereocenters. The van der Waals surface area contributed by atoms with Crippen molar-refractivity contribution in [3.63, 3.8) is 0 Å². The fraction of sp³-hybridized carbons (Fsp3) is 0.786. The van der Waals surface area contributed by atoms with Crippen molar-refractivity contribution in [1.29, 1.82) is 0 Å². The van der Waals surface area contributed by atoms with E-state index in [2.05, 4.69) is 42.8 Å². The molecule has 0 bridgehead atoms. The van der Waals surface area contributed by atoms with E-state index in [9.17, 15) is 0 Å². The van der Waals surface area contributed by atoms with Crippen molar-refractivity contribution in [2.24, 2.45) is 5.73 Å². The first-order valence-corrected chi connectivity index (χ1v) is 6.84. The van der Waals surface area contributed by atoms with E-state index < -0.39 is 0 Å². The molecule has 0 aliphatic rings. The van der Waals surface area contributed by atoms with Crippen LogP contribution in [0.15, 0.2) is 12.3 Å². The highest BCUT2D eigenvalue weighted by molar-refractivity contribution is 5.05. The molecule has 0 spiro atoms. The van der Waals surface area contributed by atoms with Gasteiger partial charge in [0.2, 0.25) is 0 Å². The summed E-state index contributed by atoms with van der Waals surface area (Å²) in [7, 11) is 1.71. The van der Waals surface area contributed by atoms with Crippen LogP contribution in [0.2, 0.25) is 0 Å². The van der Waals surface area contributed by atoms with Gasteiger partial charge >= 0.3 is 0 Å². The second kappa shape index (κ2) is 6.90. The van der Waals surface area contributed by atoms with E-state index in [1.54, 1.807) is 7.11 Å². The number of ether oxygens (including phenoxy) is 1. The van der Waals surface area contributed by atoms with E-state index in [0.717, 1.165) is 31.4 Å². The lowest BCUT2D eigenvalue weighted by Gasteiger charge is -2.23. The molecule has 1 rings (SSSR count). The van der Waals surface area contributed by atoms with Crippen molar-refractivity contribution in [3.8, 4) is 0 Å². The Morgan fingerprint density at radius 3 is 2.67 bits per heavy atom. The lowest BCUT2D eigenvalue weighted by atomic mass is 9.94. The Kier molecular flexibility index (Phi) is 5.82. The highest BCUT2D eigenvalue weighted by atomic mass is 16.5. The van der Waals surface area contributed by atoms with Crippen LogP contribution in [-0.2, 0) is 11.2 Å². The summed E-state index contributed by atoms with van der Waals surface area (Å²) >= 11 is 0. The summed E-state index contributed by atoms with van der Waals surface area (Å²) in [5.41, 5.74) is 7.08. The van der Waals surface area contributed by atoms with Crippen LogP contribution in [0.3, 0.4) is 0 Å². The molecule has 4 heteroatoms. The summed E-state index contributed by atoms with van der Waals surface area (Å²) in [6.45, 7) is 7.14.